The van der Waals surface area contributed by atoms with Crippen LogP contribution in [0.25, 0.3) is 0 Å². The van der Waals surface area contributed by atoms with E-state index in [1.165, 1.54) is 32.4 Å². The van der Waals surface area contributed by atoms with Gasteiger partial charge in [0.2, 0.25) is 5.91 Å². The Morgan fingerprint density at radius 2 is 1.83 bits per heavy atom. The number of phenols is 1. The normalized spacial score (nSPS) is 11.4. The summed E-state index contributed by atoms with van der Waals surface area (Å²) in [5.74, 6) is -2.51. The predicted octanol–water partition coefficient (Wildman–Crippen LogP) is 0.390. The first-order valence-electron chi connectivity index (χ1n) is 8.67. The van der Waals surface area contributed by atoms with Gasteiger partial charge in [0.1, 0.15) is 22.8 Å². The van der Waals surface area contributed by atoms with E-state index in [0.717, 1.165) is 0 Å². The van der Waals surface area contributed by atoms with Crippen molar-refractivity contribution in [1.29, 1.82) is 0 Å². The molecule has 0 aliphatic carbocycles. The van der Waals surface area contributed by atoms with E-state index in [0.29, 0.717) is 17.1 Å². The average molecular weight is 403 g/mol. The summed E-state index contributed by atoms with van der Waals surface area (Å²) in [5.41, 5.74) is 0.370. The SMILES string of the molecule is COc1ccc(OC)c(CC(=O)N[C@@H](Cc2cccc(C(=O)O)c2O)B(O)O)c1. The van der Waals surface area contributed by atoms with Crippen LogP contribution in [0.2, 0.25) is 0 Å². The van der Waals surface area contributed by atoms with Gasteiger partial charge in [-0.2, -0.15) is 0 Å². The van der Waals surface area contributed by atoms with E-state index in [1.54, 1.807) is 18.2 Å². The summed E-state index contributed by atoms with van der Waals surface area (Å²) in [5, 5.41) is 40.9. The van der Waals surface area contributed by atoms with Crippen molar-refractivity contribution in [2.45, 2.75) is 18.8 Å². The molecule has 0 aliphatic rings. The van der Waals surface area contributed by atoms with Crippen LogP contribution in [0.4, 0.5) is 0 Å². The van der Waals surface area contributed by atoms with Gasteiger partial charge < -0.3 is 35.1 Å². The molecule has 1 amide bonds. The number of hydrogen-bond donors (Lipinski definition) is 5. The van der Waals surface area contributed by atoms with Gasteiger partial charge >= 0.3 is 13.1 Å². The first-order chi connectivity index (χ1) is 13.8. The predicted molar refractivity (Wildman–Crippen MR) is 104 cm³/mol. The number of rotatable bonds is 9. The lowest BCUT2D eigenvalue weighted by Crippen LogP contribution is -2.48. The third-order valence-electron chi connectivity index (χ3n) is 4.33. The molecule has 0 radical (unpaired) electrons. The molecule has 9 nitrogen and oxygen atoms in total. The van der Waals surface area contributed by atoms with Crippen LogP contribution in [-0.4, -0.2) is 59.4 Å². The van der Waals surface area contributed by atoms with Gasteiger partial charge in [-0.25, -0.2) is 4.79 Å². The van der Waals surface area contributed by atoms with E-state index < -0.39 is 30.7 Å². The van der Waals surface area contributed by atoms with Crippen molar-refractivity contribution >= 4 is 19.0 Å². The molecule has 2 aromatic rings. The Balaban J connectivity index is 2.17. The number of carboxylic acid groups (broad SMARTS) is 1. The molecule has 0 fully saturated rings. The van der Waals surface area contributed by atoms with Gasteiger partial charge in [0.05, 0.1) is 26.6 Å². The maximum atomic E-state index is 12.5. The van der Waals surface area contributed by atoms with E-state index in [2.05, 4.69) is 5.32 Å². The number of carbonyl (C=O) groups is 2. The number of hydrogen-bond acceptors (Lipinski definition) is 7. The number of carbonyl (C=O) groups excluding carboxylic acids is 1. The van der Waals surface area contributed by atoms with Gasteiger partial charge in [0.15, 0.2) is 0 Å². The number of amides is 1. The fraction of sp³-hybridized carbons (Fsp3) is 0.263. The summed E-state index contributed by atoms with van der Waals surface area (Å²) in [6.45, 7) is 0. The van der Waals surface area contributed by atoms with Gasteiger partial charge in [-0.1, -0.05) is 12.1 Å². The zero-order chi connectivity index (χ0) is 21.6. The number of ether oxygens (including phenoxy) is 2. The summed E-state index contributed by atoms with van der Waals surface area (Å²) in [6, 6.07) is 9.04. The molecule has 0 unspecified atom stereocenters. The molecule has 29 heavy (non-hydrogen) atoms. The highest BCUT2D eigenvalue weighted by Gasteiger charge is 2.28. The van der Waals surface area contributed by atoms with Crippen molar-refractivity contribution in [3.05, 3.63) is 53.1 Å². The largest absolute Gasteiger partial charge is 0.507 e. The summed E-state index contributed by atoms with van der Waals surface area (Å²) in [4.78, 5) is 23.6. The van der Waals surface area contributed by atoms with Crippen molar-refractivity contribution in [3.63, 3.8) is 0 Å². The molecular weight excluding hydrogens is 381 g/mol. The standard InChI is InChI=1S/C19H22BNO8/c1-28-13-6-7-15(29-2)12(8-13)10-17(22)21-16(20(26)27)9-11-4-3-5-14(18(11)23)19(24)25/h3-8,16,23,26-27H,9-10H2,1-2H3,(H,21,22)(H,24,25)/t16-/m0/s1. The zero-order valence-electron chi connectivity index (χ0n) is 16.0. The van der Waals surface area contributed by atoms with Crippen molar-refractivity contribution < 1.29 is 39.3 Å². The van der Waals surface area contributed by atoms with Gasteiger partial charge in [-0.05, 0) is 36.2 Å². The van der Waals surface area contributed by atoms with Crippen LogP contribution >= 0.6 is 0 Å². The van der Waals surface area contributed by atoms with E-state index in [4.69, 9.17) is 14.6 Å². The third-order valence-corrected chi connectivity index (χ3v) is 4.33. The highest BCUT2D eigenvalue weighted by atomic mass is 16.5. The summed E-state index contributed by atoms with van der Waals surface area (Å²) in [6.07, 6.45) is -0.309. The van der Waals surface area contributed by atoms with Crippen LogP contribution < -0.4 is 14.8 Å². The maximum Gasteiger partial charge on any atom is 0.475 e. The van der Waals surface area contributed by atoms with Crippen LogP contribution in [0, 0.1) is 0 Å². The fourth-order valence-electron chi connectivity index (χ4n) is 2.85. The molecule has 0 aliphatic heterocycles. The van der Waals surface area contributed by atoms with Crippen molar-refractivity contribution in [3.8, 4) is 17.2 Å². The van der Waals surface area contributed by atoms with Crippen LogP contribution in [0.3, 0.4) is 0 Å². The number of methoxy groups -OCH3 is 2. The fourth-order valence-corrected chi connectivity index (χ4v) is 2.85. The van der Waals surface area contributed by atoms with Crippen molar-refractivity contribution in [2.24, 2.45) is 0 Å². The van der Waals surface area contributed by atoms with Crippen LogP contribution in [0.5, 0.6) is 17.2 Å². The summed E-state index contributed by atoms with van der Waals surface area (Å²) >= 11 is 0. The lowest BCUT2D eigenvalue weighted by molar-refractivity contribution is -0.120. The molecule has 10 heteroatoms. The number of carboxylic acids is 1. The van der Waals surface area contributed by atoms with Gasteiger partial charge in [0, 0.05) is 5.56 Å². The Labute approximate surface area is 167 Å². The second kappa shape index (κ2) is 9.81. The summed E-state index contributed by atoms with van der Waals surface area (Å²) in [7, 11) is 1.02. The Bertz CT molecular complexity index is 887. The third kappa shape index (κ3) is 5.63. The molecular formula is C19H22BNO8. The molecule has 2 aromatic carbocycles. The molecule has 0 aromatic heterocycles. The number of aromatic hydroxyl groups is 1. The number of nitrogens with one attached hydrogen (secondary N) is 1. The minimum atomic E-state index is -1.93. The lowest BCUT2D eigenvalue weighted by Gasteiger charge is -2.19. The smallest absolute Gasteiger partial charge is 0.475 e. The molecule has 0 spiro atoms. The average Bonchev–Trinajstić information content (AvgIpc) is 2.68. The van der Waals surface area contributed by atoms with Crippen LogP contribution in [-0.2, 0) is 17.6 Å². The van der Waals surface area contributed by atoms with Gasteiger partial charge in [-0.15, -0.1) is 0 Å². The topological polar surface area (TPSA) is 146 Å². The number of benzene rings is 2. The van der Waals surface area contributed by atoms with Gasteiger partial charge in [0.25, 0.3) is 0 Å². The highest BCUT2D eigenvalue weighted by molar-refractivity contribution is 6.43. The van der Waals surface area contributed by atoms with Crippen molar-refractivity contribution in [2.75, 3.05) is 14.2 Å². The molecule has 5 N–H and O–H groups in total. The maximum absolute atomic E-state index is 12.5. The zero-order valence-corrected chi connectivity index (χ0v) is 16.0. The molecule has 0 saturated heterocycles. The first-order valence-corrected chi connectivity index (χ1v) is 8.67. The Hall–Kier alpha value is -3.24. The molecule has 0 saturated carbocycles. The Kier molecular flexibility index (Phi) is 7.46. The minimum Gasteiger partial charge on any atom is -0.507 e. The number of aromatic carboxylic acids is 1. The van der Waals surface area contributed by atoms with E-state index in [9.17, 15) is 24.7 Å². The van der Waals surface area contributed by atoms with E-state index in [1.807, 2.05) is 0 Å². The first kappa shape index (κ1) is 22.1. The Morgan fingerprint density at radius 3 is 2.41 bits per heavy atom. The lowest BCUT2D eigenvalue weighted by atomic mass is 9.75. The van der Waals surface area contributed by atoms with Crippen molar-refractivity contribution in [1.82, 2.24) is 5.32 Å². The monoisotopic (exact) mass is 403 g/mol. The summed E-state index contributed by atoms with van der Waals surface area (Å²) < 4.78 is 10.4. The Morgan fingerprint density at radius 1 is 1.10 bits per heavy atom. The second-order valence-corrected chi connectivity index (χ2v) is 6.26. The second-order valence-electron chi connectivity index (χ2n) is 6.26. The highest BCUT2D eigenvalue weighted by Crippen LogP contribution is 2.25. The molecule has 1 atom stereocenters. The van der Waals surface area contributed by atoms with E-state index >= 15 is 0 Å². The van der Waals surface area contributed by atoms with Gasteiger partial charge in [-0.3, -0.25) is 4.79 Å². The molecule has 154 valence electrons. The van der Waals surface area contributed by atoms with Crippen LogP contribution in [0.1, 0.15) is 21.5 Å². The van der Waals surface area contributed by atoms with Crippen LogP contribution in [0.15, 0.2) is 36.4 Å². The minimum absolute atomic E-state index is 0.120. The molecule has 0 heterocycles. The number of para-hydroxylation sites is 1. The molecule has 2 rings (SSSR count). The quantitative estimate of drug-likeness (QED) is 0.378. The molecule has 0 bridgehead atoms. The van der Waals surface area contributed by atoms with E-state index in [-0.39, 0.29) is 24.0 Å².